The quantitative estimate of drug-likeness (QED) is 0.553. The molecule has 8 nitrogen and oxygen atoms in total. The molecule has 1 atom stereocenters. The highest BCUT2D eigenvalue weighted by molar-refractivity contribution is 6.30. The van der Waals surface area contributed by atoms with Gasteiger partial charge in [-0.1, -0.05) is 17.7 Å². The van der Waals surface area contributed by atoms with Gasteiger partial charge in [0, 0.05) is 49.6 Å². The predicted octanol–water partition coefficient (Wildman–Crippen LogP) is 3.24. The van der Waals surface area contributed by atoms with Crippen LogP contribution in [0.25, 0.3) is 5.69 Å². The van der Waals surface area contributed by atoms with Crippen LogP contribution in [0.15, 0.2) is 36.4 Å². The van der Waals surface area contributed by atoms with Gasteiger partial charge in [-0.15, -0.1) is 10.2 Å². The fraction of sp³-hybridized carbons (Fsp3) is 0.417. The van der Waals surface area contributed by atoms with E-state index in [1.54, 1.807) is 11.0 Å². The average molecular weight is 495 g/mol. The number of anilines is 2. The second-order valence-electron chi connectivity index (χ2n) is 10.1. The molecule has 0 N–H and O–H groups in total. The molecule has 1 unspecified atom stereocenters. The van der Waals surface area contributed by atoms with Gasteiger partial charge >= 0.3 is 0 Å². The van der Waals surface area contributed by atoms with Gasteiger partial charge in [-0.05, 0) is 35.9 Å². The maximum absolute atomic E-state index is 13.9. The summed E-state index contributed by atoms with van der Waals surface area (Å²) >= 11 is 6.27. The number of hydrogen-bond donors (Lipinski definition) is 0. The van der Waals surface area contributed by atoms with E-state index in [0.717, 1.165) is 49.2 Å². The van der Waals surface area contributed by atoms with E-state index in [9.17, 15) is 8.78 Å². The van der Waals surface area contributed by atoms with Gasteiger partial charge in [0.15, 0.2) is 5.82 Å². The molecule has 0 radical (unpaired) electrons. The summed E-state index contributed by atoms with van der Waals surface area (Å²) in [6.07, 6.45) is -0.124. The number of nitrogens with zero attached hydrogens (tertiary/aromatic N) is 8. The lowest BCUT2D eigenvalue weighted by Gasteiger charge is -2.60. The lowest BCUT2D eigenvalue weighted by Crippen LogP contribution is -2.73. The van der Waals surface area contributed by atoms with Crippen molar-refractivity contribution in [3.8, 4) is 11.8 Å². The predicted molar refractivity (Wildman–Crippen MR) is 125 cm³/mol. The van der Waals surface area contributed by atoms with Gasteiger partial charge in [-0.2, -0.15) is 5.26 Å². The van der Waals surface area contributed by atoms with E-state index in [2.05, 4.69) is 31.1 Å². The Hall–Kier alpha value is -3.29. The highest BCUT2D eigenvalue weighted by Crippen LogP contribution is 2.48. The number of rotatable bonds is 3. The Morgan fingerprint density at radius 2 is 1.80 bits per heavy atom. The minimum Gasteiger partial charge on any atom is -0.355 e. The zero-order valence-corrected chi connectivity index (χ0v) is 19.5. The number of alkyl halides is 2. The molecular formula is C24H21ClF2N8. The van der Waals surface area contributed by atoms with Crippen LogP contribution < -0.4 is 9.80 Å². The van der Waals surface area contributed by atoms with Gasteiger partial charge in [0.2, 0.25) is 5.95 Å². The maximum Gasteiger partial charge on any atom is 0.265 e. The fourth-order valence-corrected chi connectivity index (χ4v) is 5.92. The number of benzene rings is 1. The van der Waals surface area contributed by atoms with E-state index in [0.29, 0.717) is 29.6 Å². The molecule has 178 valence electrons. The van der Waals surface area contributed by atoms with Crippen molar-refractivity contribution < 1.29 is 8.78 Å². The number of pyridine rings is 1. The molecule has 0 bridgehead atoms. The van der Waals surface area contributed by atoms with Crippen LogP contribution in [0.1, 0.15) is 23.5 Å². The molecule has 35 heavy (non-hydrogen) atoms. The Balaban J connectivity index is 1.14. The Morgan fingerprint density at radius 3 is 2.54 bits per heavy atom. The molecule has 2 saturated heterocycles. The Kier molecular flexibility index (Phi) is 4.28. The SMILES string of the molecule is N#Cc1cccc(N2CC3(C2)CN(c2nnc4n2-c2ccc(Cl)cc2CN(C2CC2(F)F)C4)C3)n1. The first-order valence-electron chi connectivity index (χ1n) is 11.6. The van der Waals surface area contributed by atoms with Crippen molar-refractivity contribution >= 4 is 23.4 Å². The van der Waals surface area contributed by atoms with Crippen molar-refractivity contribution in [3.63, 3.8) is 0 Å². The number of hydrogen-bond acceptors (Lipinski definition) is 7. The van der Waals surface area contributed by atoms with Gasteiger partial charge in [0.05, 0.1) is 18.3 Å². The number of halogens is 3. The minimum absolute atomic E-state index is 0.124. The van der Waals surface area contributed by atoms with Gasteiger partial charge in [0.1, 0.15) is 17.6 Å². The summed E-state index contributed by atoms with van der Waals surface area (Å²) in [6, 6.07) is 12.4. The first kappa shape index (κ1) is 21.0. The average Bonchev–Trinajstić information content (AvgIpc) is 3.30. The zero-order chi connectivity index (χ0) is 23.9. The molecule has 2 aromatic heterocycles. The topological polar surface area (TPSA) is 77.1 Å². The lowest BCUT2D eigenvalue weighted by molar-refractivity contribution is 0.0663. The first-order chi connectivity index (χ1) is 16.8. The highest BCUT2D eigenvalue weighted by atomic mass is 35.5. The van der Waals surface area contributed by atoms with E-state index in [1.807, 2.05) is 34.9 Å². The van der Waals surface area contributed by atoms with Crippen LogP contribution in [0.2, 0.25) is 5.02 Å². The summed E-state index contributed by atoms with van der Waals surface area (Å²) in [5.74, 6) is -0.426. The van der Waals surface area contributed by atoms with Crippen LogP contribution in [-0.2, 0) is 13.1 Å². The fourth-order valence-electron chi connectivity index (χ4n) is 5.72. The van der Waals surface area contributed by atoms with E-state index < -0.39 is 12.0 Å². The molecule has 1 aliphatic carbocycles. The third-order valence-corrected chi connectivity index (χ3v) is 7.74. The smallest absolute Gasteiger partial charge is 0.265 e. The van der Waals surface area contributed by atoms with Crippen molar-refractivity contribution in [2.24, 2.45) is 5.41 Å². The van der Waals surface area contributed by atoms with Crippen molar-refractivity contribution in [2.75, 3.05) is 36.0 Å². The van der Waals surface area contributed by atoms with Crippen LogP contribution >= 0.6 is 11.6 Å². The Labute approximate surface area is 205 Å². The third kappa shape index (κ3) is 3.29. The number of nitriles is 1. The number of fused-ring (bicyclic) bond motifs is 3. The van der Waals surface area contributed by atoms with Gasteiger partial charge in [-0.3, -0.25) is 9.47 Å². The van der Waals surface area contributed by atoms with Crippen LogP contribution in [0.5, 0.6) is 0 Å². The van der Waals surface area contributed by atoms with Gasteiger partial charge in [0.25, 0.3) is 5.92 Å². The summed E-state index contributed by atoms with van der Waals surface area (Å²) in [6.45, 7) is 4.09. The minimum atomic E-state index is -2.65. The summed E-state index contributed by atoms with van der Waals surface area (Å²) in [7, 11) is 0. The standard InChI is InChI=1S/C24H21ClF2N8/c25-16-4-5-18-15(6-16)9-32(19-7-24(19,26)27)10-21-30-31-22(35(18)21)34-13-23(14-34)11-33(12-23)20-3-1-2-17(8-28)29-20/h1-6,19H,7,9-14H2. The first-order valence-corrected chi connectivity index (χ1v) is 11.9. The molecule has 0 amide bonds. The van der Waals surface area contributed by atoms with E-state index >= 15 is 0 Å². The molecule has 11 heteroatoms. The Bertz CT molecular complexity index is 1380. The van der Waals surface area contributed by atoms with Crippen molar-refractivity contribution in [1.82, 2.24) is 24.6 Å². The van der Waals surface area contributed by atoms with Crippen LogP contribution in [0.4, 0.5) is 20.5 Å². The van der Waals surface area contributed by atoms with E-state index in [4.69, 9.17) is 16.9 Å². The number of aromatic nitrogens is 4. The molecule has 4 aliphatic rings. The zero-order valence-electron chi connectivity index (χ0n) is 18.7. The van der Waals surface area contributed by atoms with Crippen LogP contribution in [0, 0.1) is 16.7 Å². The van der Waals surface area contributed by atoms with Gasteiger partial charge < -0.3 is 9.80 Å². The molecule has 3 aliphatic heterocycles. The van der Waals surface area contributed by atoms with Crippen LogP contribution in [-0.4, -0.2) is 62.8 Å². The third-order valence-electron chi connectivity index (χ3n) is 7.51. The molecule has 1 saturated carbocycles. The second-order valence-corrected chi connectivity index (χ2v) is 10.6. The highest BCUT2D eigenvalue weighted by Gasteiger charge is 2.60. The summed E-state index contributed by atoms with van der Waals surface area (Å²) in [4.78, 5) is 10.6. The van der Waals surface area contributed by atoms with Crippen LogP contribution in [0.3, 0.4) is 0 Å². The molecule has 1 spiro atoms. The summed E-state index contributed by atoms with van der Waals surface area (Å²) < 4.78 is 29.9. The molecular weight excluding hydrogens is 474 g/mol. The molecule has 7 rings (SSSR count). The second kappa shape index (κ2) is 7.12. The van der Waals surface area contributed by atoms with Crippen molar-refractivity contribution in [3.05, 3.63) is 58.5 Å². The Morgan fingerprint density at radius 1 is 1.03 bits per heavy atom. The van der Waals surface area contributed by atoms with Crippen molar-refractivity contribution in [2.45, 2.75) is 31.5 Å². The van der Waals surface area contributed by atoms with E-state index in [-0.39, 0.29) is 11.8 Å². The maximum atomic E-state index is 13.9. The largest absolute Gasteiger partial charge is 0.355 e. The molecule has 5 heterocycles. The lowest BCUT2D eigenvalue weighted by atomic mass is 9.73. The normalized spacial score (nSPS) is 23.5. The van der Waals surface area contributed by atoms with E-state index in [1.165, 1.54) is 0 Å². The molecule has 3 fully saturated rings. The summed E-state index contributed by atoms with van der Waals surface area (Å²) in [5.41, 5.74) is 2.35. The van der Waals surface area contributed by atoms with Crippen molar-refractivity contribution in [1.29, 1.82) is 5.26 Å². The summed E-state index contributed by atoms with van der Waals surface area (Å²) in [5, 5.41) is 18.6. The molecule has 1 aromatic carbocycles. The monoisotopic (exact) mass is 494 g/mol. The molecule has 3 aromatic rings. The van der Waals surface area contributed by atoms with Gasteiger partial charge in [-0.25, -0.2) is 13.8 Å².